The van der Waals surface area contributed by atoms with Gasteiger partial charge in [0, 0.05) is 30.9 Å². The molecule has 0 aliphatic carbocycles. The summed E-state index contributed by atoms with van der Waals surface area (Å²) >= 11 is 0. The highest BCUT2D eigenvalue weighted by Gasteiger charge is 2.23. The molecule has 1 aromatic carbocycles. The number of non-ortho nitro benzene ring substituents is 1. The van der Waals surface area contributed by atoms with E-state index in [0.717, 1.165) is 19.5 Å². The zero-order valence-electron chi connectivity index (χ0n) is 13.7. The Bertz CT molecular complexity index is 746. The van der Waals surface area contributed by atoms with Crippen LogP contribution in [0.15, 0.2) is 36.7 Å². The molecule has 25 heavy (non-hydrogen) atoms. The molecule has 0 spiro atoms. The Morgan fingerprint density at radius 1 is 1.40 bits per heavy atom. The summed E-state index contributed by atoms with van der Waals surface area (Å²) in [6.45, 7) is 3.88. The number of nitro benzene ring substituents is 1. The lowest BCUT2D eigenvalue weighted by atomic mass is 9.94. The highest BCUT2D eigenvalue weighted by Crippen LogP contribution is 2.16. The number of nitrogens with one attached hydrogen (secondary N) is 2. The Kier molecular flexibility index (Phi) is 6.11. The van der Waals surface area contributed by atoms with Gasteiger partial charge >= 0.3 is 0 Å². The fourth-order valence-corrected chi connectivity index (χ4v) is 2.74. The molecule has 1 aromatic heterocycles. The van der Waals surface area contributed by atoms with E-state index in [-0.39, 0.29) is 30.0 Å². The number of carbonyl (C=O) groups is 1. The lowest BCUT2D eigenvalue weighted by Crippen LogP contribution is -2.50. The predicted molar refractivity (Wildman–Crippen MR) is 95.4 cm³/mol. The Balaban J connectivity index is 0.00000225. The maximum absolute atomic E-state index is 12.4. The number of carbonyl (C=O) groups excluding carboxylic acids is 1. The molecule has 134 valence electrons. The smallest absolute Gasteiger partial charge is 0.269 e. The summed E-state index contributed by atoms with van der Waals surface area (Å²) in [7, 11) is 0. The van der Waals surface area contributed by atoms with Crippen LogP contribution >= 0.6 is 12.4 Å². The second kappa shape index (κ2) is 8.09. The van der Waals surface area contributed by atoms with Gasteiger partial charge in [0.1, 0.15) is 0 Å². The standard InChI is InChI=1S/C16H19N5O3.ClH/c1-11-6-7-17-9-15(11)19-16(22)12-8-18-20(10-12)13-2-4-14(5-3-13)21(23)24;/h2-5,8,10-11,15,17H,6-7,9H2,1H3,(H,19,22);1H. The van der Waals surface area contributed by atoms with Crippen LogP contribution in [0.2, 0.25) is 0 Å². The van der Waals surface area contributed by atoms with E-state index < -0.39 is 4.92 Å². The van der Waals surface area contributed by atoms with Crippen LogP contribution in [0.25, 0.3) is 5.69 Å². The fraction of sp³-hybridized carbons (Fsp3) is 0.375. The Morgan fingerprint density at radius 2 is 2.12 bits per heavy atom. The van der Waals surface area contributed by atoms with E-state index in [1.165, 1.54) is 23.0 Å². The number of rotatable bonds is 4. The Hall–Kier alpha value is -2.45. The first-order valence-corrected chi connectivity index (χ1v) is 7.85. The zero-order valence-corrected chi connectivity index (χ0v) is 14.5. The Morgan fingerprint density at radius 3 is 2.76 bits per heavy atom. The van der Waals surface area contributed by atoms with Gasteiger partial charge in [-0.3, -0.25) is 14.9 Å². The van der Waals surface area contributed by atoms with Crippen LogP contribution in [0, 0.1) is 16.0 Å². The van der Waals surface area contributed by atoms with Gasteiger partial charge in [0.25, 0.3) is 11.6 Å². The first-order valence-electron chi connectivity index (χ1n) is 7.85. The van der Waals surface area contributed by atoms with Crippen molar-refractivity contribution < 1.29 is 9.72 Å². The quantitative estimate of drug-likeness (QED) is 0.636. The first kappa shape index (κ1) is 18.9. The third-order valence-corrected chi connectivity index (χ3v) is 4.31. The van der Waals surface area contributed by atoms with Crippen molar-refractivity contribution in [2.45, 2.75) is 19.4 Å². The van der Waals surface area contributed by atoms with Crippen molar-refractivity contribution in [3.8, 4) is 5.69 Å². The third-order valence-electron chi connectivity index (χ3n) is 4.31. The molecule has 2 aromatic rings. The second-order valence-electron chi connectivity index (χ2n) is 6.00. The molecular formula is C16H20ClN5O3. The minimum atomic E-state index is -0.453. The molecule has 1 saturated heterocycles. The van der Waals surface area contributed by atoms with Crippen molar-refractivity contribution in [2.24, 2.45) is 5.92 Å². The highest BCUT2D eigenvalue weighted by molar-refractivity contribution is 5.94. The third kappa shape index (κ3) is 4.34. The number of hydrogen-bond donors (Lipinski definition) is 2. The molecule has 0 saturated carbocycles. The second-order valence-corrected chi connectivity index (χ2v) is 6.00. The van der Waals surface area contributed by atoms with E-state index >= 15 is 0 Å². The zero-order chi connectivity index (χ0) is 17.1. The van der Waals surface area contributed by atoms with Gasteiger partial charge in [-0.25, -0.2) is 4.68 Å². The van der Waals surface area contributed by atoms with E-state index in [1.54, 1.807) is 18.3 Å². The number of piperidine rings is 1. The van der Waals surface area contributed by atoms with Crippen LogP contribution in [0.5, 0.6) is 0 Å². The number of nitro groups is 1. The summed E-state index contributed by atoms with van der Waals surface area (Å²) in [5.74, 6) is 0.267. The van der Waals surface area contributed by atoms with Crippen molar-refractivity contribution in [1.29, 1.82) is 0 Å². The normalized spacial score (nSPS) is 19.7. The predicted octanol–water partition coefficient (Wildman–Crippen LogP) is 1.93. The maximum Gasteiger partial charge on any atom is 0.269 e. The van der Waals surface area contributed by atoms with E-state index in [1.807, 2.05) is 0 Å². The molecule has 8 nitrogen and oxygen atoms in total. The summed E-state index contributed by atoms with van der Waals surface area (Å²) < 4.78 is 1.53. The summed E-state index contributed by atoms with van der Waals surface area (Å²) in [5, 5.41) is 21.2. The van der Waals surface area contributed by atoms with Crippen LogP contribution in [-0.2, 0) is 0 Å². The van der Waals surface area contributed by atoms with Crippen LogP contribution in [-0.4, -0.2) is 39.7 Å². The minimum Gasteiger partial charge on any atom is -0.348 e. The summed E-state index contributed by atoms with van der Waals surface area (Å²) in [6.07, 6.45) is 4.15. The van der Waals surface area contributed by atoms with Crippen molar-refractivity contribution in [1.82, 2.24) is 20.4 Å². The lowest BCUT2D eigenvalue weighted by Gasteiger charge is -2.30. The van der Waals surface area contributed by atoms with Gasteiger partial charge in [-0.15, -0.1) is 12.4 Å². The molecule has 1 aliphatic heterocycles. The number of aromatic nitrogens is 2. The number of nitrogens with zero attached hydrogens (tertiary/aromatic N) is 3. The van der Waals surface area contributed by atoms with Gasteiger partial charge in [-0.2, -0.15) is 5.10 Å². The molecule has 2 unspecified atom stereocenters. The molecule has 0 bridgehead atoms. The summed E-state index contributed by atoms with van der Waals surface area (Å²) in [6, 6.07) is 6.12. The highest BCUT2D eigenvalue weighted by atomic mass is 35.5. The van der Waals surface area contributed by atoms with Gasteiger partial charge in [-0.05, 0) is 31.0 Å². The van der Waals surface area contributed by atoms with E-state index in [2.05, 4.69) is 22.7 Å². The average molecular weight is 366 g/mol. The molecule has 0 radical (unpaired) electrons. The number of benzene rings is 1. The van der Waals surface area contributed by atoms with Crippen LogP contribution in [0.3, 0.4) is 0 Å². The number of halogens is 1. The maximum atomic E-state index is 12.4. The molecule has 3 rings (SSSR count). The lowest BCUT2D eigenvalue weighted by molar-refractivity contribution is -0.384. The molecule has 2 atom stereocenters. The van der Waals surface area contributed by atoms with Gasteiger partial charge in [0.15, 0.2) is 0 Å². The van der Waals surface area contributed by atoms with Crippen LogP contribution < -0.4 is 10.6 Å². The topological polar surface area (TPSA) is 102 Å². The SMILES string of the molecule is CC1CCNCC1NC(=O)c1cnn(-c2ccc([N+](=O)[O-])cc2)c1.Cl. The van der Waals surface area contributed by atoms with Gasteiger partial charge < -0.3 is 10.6 Å². The minimum absolute atomic E-state index is 0. The van der Waals surface area contributed by atoms with E-state index in [4.69, 9.17) is 0 Å². The van der Waals surface area contributed by atoms with E-state index in [9.17, 15) is 14.9 Å². The van der Waals surface area contributed by atoms with Crippen molar-refractivity contribution >= 4 is 24.0 Å². The average Bonchev–Trinajstić information content (AvgIpc) is 3.07. The molecule has 2 heterocycles. The molecule has 2 N–H and O–H groups in total. The molecule has 1 fully saturated rings. The molecule has 1 aliphatic rings. The summed E-state index contributed by atoms with van der Waals surface area (Å²) in [5.41, 5.74) is 1.14. The Labute approximate surface area is 151 Å². The molecule has 1 amide bonds. The van der Waals surface area contributed by atoms with Crippen molar-refractivity contribution in [2.75, 3.05) is 13.1 Å². The van der Waals surface area contributed by atoms with E-state index in [0.29, 0.717) is 17.2 Å². The van der Waals surface area contributed by atoms with Crippen LogP contribution in [0.4, 0.5) is 5.69 Å². The van der Waals surface area contributed by atoms with Gasteiger partial charge in [0.2, 0.25) is 0 Å². The molecular weight excluding hydrogens is 346 g/mol. The molecule has 9 heteroatoms. The first-order chi connectivity index (χ1) is 11.5. The van der Waals surface area contributed by atoms with Crippen molar-refractivity contribution in [3.05, 3.63) is 52.3 Å². The fourth-order valence-electron chi connectivity index (χ4n) is 2.74. The van der Waals surface area contributed by atoms with Gasteiger partial charge in [-0.1, -0.05) is 6.92 Å². The summed E-state index contributed by atoms with van der Waals surface area (Å²) in [4.78, 5) is 22.6. The largest absolute Gasteiger partial charge is 0.348 e. The van der Waals surface area contributed by atoms with Gasteiger partial charge in [0.05, 0.1) is 22.4 Å². The van der Waals surface area contributed by atoms with Crippen molar-refractivity contribution in [3.63, 3.8) is 0 Å². The van der Waals surface area contributed by atoms with Crippen LogP contribution in [0.1, 0.15) is 23.7 Å². The monoisotopic (exact) mass is 365 g/mol. The number of hydrogen-bond acceptors (Lipinski definition) is 5. The number of amides is 1.